The first-order valence-corrected chi connectivity index (χ1v) is 9.13. The second-order valence-corrected chi connectivity index (χ2v) is 9.21. The molecule has 0 saturated carbocycles. The summed E-state index contributed by atoms with van der Waals surface area (Å²) in [5.41, 5.74) is 0. The first kappa shape index (κ1) is 20.4. The quantitative estimate of drug-likeness (QED) is 0.149. The molecule has 0 aliphatic heterocycles. The van der Waals surface area contributed by atoms with E-state index in [1.54, 1.807) is 0 Å². The van der Waals surface area contributed by atoms with E-state index in [-0.39, 0.29) is 29.6 Å². The molecule has 0 spiro atoms. The van der Waals surface area contributed by atoms with Crippen LogP contribution in [0.2, 0.25) is 0 Å². The molecule has 13 heteroatoms. The van der Waals surface area contributed by atoms with E-state index >= 15 is 0 Å². The molecule has 84 valence electrons. The number of rotatable bonds is 0. The van der Waals surface area contributed by atoms with Crippen molar-refractivity contribution in [2.45, 2.75) is 0 Å². The van der Waals surface area contributed by atoms with Crippen molar-refractivity contribution in [2.24, 2.45) is 0 Å². The number of hydrogen-bond acceptors (Lipinski definition) is 8. The van der Waals surface area contributed by atoms with Gasteiger partial charge in [0.2, 0.25) is 0 Å². The van der Waals surface area contributed by atoms with Gasteiger partial charge in [0.15, 0.2) is 0 Å². The molecule has 8 N–H and O–H groups in total. The molecule has 10 nitrogen and oxygen atoms in total. The Kier molecular flexibility index (Phi) is 6.97. The van der Waals surface area contributed by atoms with Crippen LogP contribution in [-0.4, -0.2) is 56.3 Å². The zero-order chi connectivity index (χ0) is 10.9. The molecular formula is H9GdNaO10S. The summed E-state index contributed by atoms with van der Waals surface area (Å²) in [4.78, 5) is 0. The third kappa shape index (κ3) is 522. The third-order valence-electron chi connectivity index (χ3n) is 0. The van der Waals surface area contributed by atoms with Crippen LogP contribution in [0.1, 0.15) is 0 Å². The first-order chi connectivity index (χ1) is 4.45. The van der Waals surface area contributed by atoms with Gasteiger partial charge in [0.05, 0.1) is 0 Å². The Morgan fingerprint density at radius 2 is 0.769 bits per heavy atom. The van der Waals surface area contributed by atoms with Crippen LogP contribution < -0.4 is 0 Å². The van der Waals surface area contributed by atoms with Crippen LogP contribution in [-0.2, 0) is 10.4 Å². The van der Waals surface area contributed by atoms with Crippen molar-refractivity contribution in [1.29, 1.82) is 0 Å². The molecule has 0 radical (unpaired) electrons. The molecule has 0 aromatic rings. The molecule has 0 unspecified atom stereocenters. The summed E-state index contributed by atoms with van der Waals surface area (Å²) in [5, 5.41) is 0. The fraction of sp³-hybridized carbons (Fsp3) is 0. The molecule has 13 heavy (non-hydrogen) atoms. The van der Waals surface area contributed by atoms with E-state index in [2.05, 4.69) is 0 Å². The normalized spacial score (nSPS) is 16.9. The minimum absolute atomic E-state index is 0. The van der Waals surface area contributed by atoms with E-state index in [4.69, 9.17) is 26.8 Å². The molecule has 0 aromatic carbocycles. The van der Waals surface area contributed by atoms with Crippen LogP contribution in [0.25, 0.3) is 0 Å². The SMILES string of the molecule is O=S(=O)(O)O.[NaH].[OH][Gd]([OH])([OH])([OH])([OH])[OH]. The van der Waals surface area contributed by atoms with Crippen LogP contribution in [0.4, 0.5) is 0 Å². The maximum absolute atomic E-state index is 8.74. The van der Waals surface area contributed by atoms with Crippen LogP contribution in [0.3, 0.4) is 0 Å². The van der Waals surface area contributed by atoms with Gasteiger partial charge in [0.25, 0.3) is 0 Å². The monoisotopic (exact) mass is 382 g/mol. The van der Waals surface area contributed by atoms with Gasteiger partial charge in [-0.05, 0) is 0 Å². The summed E-state index contributed by atoms with van der Waals surface area (Å²) in [6.45, 7) is 0. The first-order valence-electron chi connectivity index (χ1n) is 1.65. The predicted molar refractivity (Wildman–Crippen MR) is 34.6 cm³/mol. The summed E-state index contributed by atoms with van der Waals surface area (Å²) in [7, 11) is -4.67. The topological polar surface area (TPSA) is 196 Å². The van der Waals surface area contributed by atoms with Gasteiger partial charge in [-0.1, -0.05) is 0 Å². The zero-order valence-corrected chi connectivity index (χ0v) is 8.24. The van der Waals surface area contributed by atoms with E-state index in [1.165, 1.54) is 0 Å². The van der Waals surface area contributed by atoms with E-state index in [0.29, 0.717) is 0 Å². The van der Waals surface area contributed by atoms with E-state index < -0.39 is 41.6 Å². The Labute approximate surface area is 96.2 Å². The Morgan fingerprint density at radius 1 is 0.769 bits per heavy atom. The second-order valence-electron chi connectivity index (χ2n) is 1.51. The number of hydrogen-bond donors (Lipinski definition) is 8. The molecule has 0 rings (SSSR count). The van der Waals surface area contributed by atoms with Gasteiger partial charge in [-0.2, -0.15) is 8.42 Å². The zero-order valence-electron chi connectivity index (χ0n) is 5.16. The van der Waals surface area contributed by atoms with Gasteiger partial charge >= 0.3 is 80.5 Å². The maximum atomic E-state index is 8.74. The molecule has 0 saturated heterocycles. The summed E-state index contributed by atoms with van der Waals surface area (Å²) in [6, 6.07) is 0. The van der Waals surface area contributed by atoms with Crippen molar-refractivity contribution in [3.8, 4) is 0 Å². The van der Waals surface area contributed by atoms with Crippen molar-refractivity contribution in [3.63, 3.8) is 0 Å². The fourth-order valence-corrected chi connectivity index (χ4v) is 0. The van der Waals surface area contributed by atoms with Gasteiger partial charge in [-0.3, -0.25) is 9.11 Å². The second kappa shape index (κ2) is 4.44. The van der Waals surface area contributed by atoms with Crippen LogP contribution in [0.15, 0.2) is 0 Å². The van der Waals surface area contributed by atoms with E-state index in [0.717, 1.165) is 0 Å². The van der Waals surface area contributed by atoms with Gasteiger partial charge in [0.1, 0.15) is 0 Å². The average molecular weight is 381 g/mol. The molecule has 0 amide bonds. The summed E-state index contributed by atoms with van der Waals surface area (Å²) in [5.74, 6) is 0. The predicted octanol–water partition coefficient (Wildman–Crippen LogP) is -4.64. The Hall–Kier alpha value is 1.95. The van der Waals surface area contributed by atoms with Gasteiger partial charge in [-0.15, -0.1) is 0 Å². The fourth-order valence-electron chi connectivity index (χ4n) is 0. The van der Waals surface area contributed by atoms with Crippen LogP contribution in [0.5, 0.6) is 0 Å². The Bertz CT molecular complexity index is 217. The van der Waals surface area contributed by atoms with Crippen molar-refractivity contribution >= 4 is 40.0 Å². The summed E-state index contributed by atoms with van der Waals surface area (Å²) < 4.78 is 76.1. The standard InChI is InChI=1S/Gd.Na.H2O4S.6H2O.H/c;;1-5(2,3)4;;;;;;;/h;;(H2,1,2,3,4);6*1H2;/q+6;;;;;;;;;/p-6. The third-order valence-corrected chi connectivity index (χ3v) is 0. The Balaban J connectivity index is -0.000000150. The van der Waals surface area contributed by atoms with Gasteiger partial charge in [-0.25, -0.2) is 0 Å². The average Bonchev–Trinajstić information content (AvgIpc) is 1.04. The van der Waals surface area contributed by atoms with E-state index in [9.17, 15) is 0 Å². The summed E-state index contributed by atoms with van der Waals surface area (Å²) in [6.07, 6.45) is 0. The van der Waals surface area contributed by atoms with Crippen molar-refractivity contribution in [2.75, 3.05) is 0 Å². The molecule has 0 aliphatic carbocycles. The van der Waals surface area contributed by atoms with Crippen molar-refractivity contribution < 1.29 is 58.0 Å². The molecule has 0 atom stereocenters. The van der Waals surface area contributed by atoms with E-state index in [1.807, 2.05) is 0 Å². The molecule has 0 fully saturated rings. The van der Waals surface area contributed by atoms with Gasteiger partial charge in [0, 0.05) is 0 Å². The molecular weight excluding hydrogens is 372 g/mol. The molecule has 0 aliphatic rings. The minimum atomic E-state index is -8.21. The van der Waals surface area contributed by atoms with Crippen LogP contribution >= 0.6 is 0 Å². The van der Waals surface area contributed by atoms with Crippen molar-refractivity contribution in [1.82, 2.24) is 0 Å². The molecule has 0 bridgehead atoms. The van der Waals surface area contributed by atoms with Gasteiger partial charge < -0.3 is 0 Å². The van der Waals surface area contributed by atoms with Crippen LogP contribution in [0, 0.1) is 31.2 Å². The molecule has 0 aromatic heterocycles. The molecule has 0 heterocycles. The summed E-state index contributed by atoms with van der Waals surface area (Å²) >= 11 is -8.21. The Morgan fingerprint density at radius 3 is 0.769 bits per heavy atom. The van der Waals surface area contributed by atoms with Crippen molar-refractivity contribution in [3.05, 3.63) is 0 Å².